The van der Waals surface area contributed by atoms with E-state index in [9.17, 15) is 19.7 Å². The highest BCUT2D eigenvalue weighted by Gasteiger charge is 2.36. The first-order chi connectivity index (χ1) is 11.4. The number of anilines is 1. The second-order valence-electron chi connectivity index (χ2n) is 4.90. The summed E-state index contributed by atoms with van der Waals surface area (Å²) in [6.45, 7) is 0. The molecule has 0 saturated carbocycles. The molecule has 1 atom stereocenters. The molecule has 10 heteroatoms. The van der Waals surface area contributed by atoms with E-state index < -0.39 is 16.1 Å². The van der Waals surface area contributed by atoms with E-state index in [1.807, 2.05) is 0 Å². The quantitative estimate of drug-likeness (QED) is 0.634. The van der Waals surface area contributed by atoms with Crippen LogP contribution in [0.15, 0.2) is 23.2 Å². The average Bonchev–Trinajstić information content (AvgIpc) is 2.82. The number of hydrogen-bond acceptors (Lipinski definition) is 7. The number of ether oxygens (including phenoxy) is 1. The highest BCUT2D eigenvalue weighted by atomic mass is 32.2. The zero-order valence-electron chi connectivity index (χ0n) is 13.3. The van der Waals surface area contributed by atoms with Crippen LogP contribution in [0.5, 0.6) is 5.75 Å². The number of thioether (sulfide) groups is 1. The largest absolute Gasteiger partial charge is 0.495 e. The predicted molar refractivity (Wildman–Crippen MR) is 90.4 cm³/mol. The molecule has 128 valence electrons. The van der Waals surface area contributed by atoms with Crippen LogP contribution in [-0.2, 0) is 9.59 Å². The molecular weight excluding hydrogens is 336 g/mol. The fourth-order valence-corrected chi connectivity index (χ4v) is 3.28. The van der Waals surface area contributed by atoms with E-state index in [1.165, 1.54) is 42.0 Å². The number of nitro benzene ring substituents is 1. The first kappa shape index (κ1) is 17.7. The highest BCUT2D eigenvalue weighted by molar-refractivity contribution is 8.15. The van der Waals surface area contributed by atoms with Crippen LogP contribution in [-0.4, -0.2) is 53.3 Å². The number of amidine groups is 1. The molecule has 1 aliphatic heterocycles. The molecule has 2 amide bonds. The van der Waals surface area contributed by atoms with E-state index in [4.69, 9.17) is 4.74 Å². The lowest BCUT2D eigenvalue weighted by molar-refractivity contribution is -0.384. The van der Waals surface area contributed by atoms with Crippen LogP contribution in [0.2, 0.25) is 0 Å². The van der Waals surface area contributed by atoms with Crippen molar-refractivity contribution in [2.75, 3.05) is 26.5 Å². The fourth-order valence-electron chi connectivity index (χ4n) is 2.18. The monoisotopic (exact) mass is 352 g/mol. The third-order valence-corrected chi connectivity index (χ3v) is 4.69. The molecule has 1 saturated heterocycles. The van der Waals surface area contributed by atoms with Crippen molar-refractivity contribution in [3.63, 3.8) is 0 Å². The number of nitro groups is 1. The molecule has 0 bridgehead atoms. The molecular formula is C14H16N4O5S. The van der Waals surface area contributed by atoms with Gasteiger partial charge < -0.3 is 10.1 Å². The van der Waals surface area contributed by atoms with Crippen molar-refractivity contribution in [1.82, 2.24) is 4.90 Å². The number of benzene rings is 1. The summed E-state index contributed by atoms with van der Waals surface area (Å²) in [5.74, 6) is -0.348. The van der Waals surface area contributed by atoms with Crippen molar-refractivity contribution in [3.05, 3.63) is 28.3 Å². The number of carbonyl (C=O) groups is 2. The van der Waals surface area contributed by atoms with Crippen molar-refractivity contribution in [3.8, 4) is 5.75 Å². The van der Waals surface area contributed by atoms with Gasteiger partial charge in [0.15, 0.2) is 5.17 Å². The summed E-state index contributed by atoms with van der Waals surface area (Å²) >= 11 is 1.21. The third-order valence-electron chi connectivity index (χ3n) is 3.37. The Bertz CT molecular complexity index is 721. The summed E-state index contributed by atoms with van der Waals surface area (Å²) in [6, 6.07) is 3.90. The molecule has 0 spiro atoms. The normalized spacial score (nSPS) is 18.8. The van der Waals surface area contributed by atoms with Gasteiger partial charge >= 0.3 is 0 Å². The molecule has 0 aliphatic carbocycles. The molecule has 24 heavy (non-hydrogen) atoms. The van der Waals surface area contributed by atoms with Crippen molar-refractivity contribution in [2.45, 2.75) is 11.7 Å². The smallest absolute Gasteiger partial charge is 0.271 e. The summed E-state index contributed by atoms with van der Waals surface area (Å²) in [6.07, 6.45) is -0.0707. The van der Waals surface area contributed by atoms with Crippen molar-refractivity contribution < 1.29 is 19.2 Å². The third kappa shape index (κ3) is 3.65. The van der Waals surface area contributed by atoms with E-state index in [0.717, 1.165) is 0 Å². The maximum absolute atomic E-state index is 12.2. The van der Waals surface area contributed by atoms with Gasteiger partial charge in [0.05, 0.1) is 17.7 Å². The van der Waals surface area contributed by atoms with Crippen LogP contribution >= 0.6 is 11.8 Å². The first-order valence-corrected chi connectivity index (χ1v) is 7.78. The number of hydrogen-bond donors (Lipinski definition) is 1. The maximum atomic E-state index is 12.2. The summed E-state index contributed by atoms with van der Waals surface area (Å²) < 4.78 is 5.09. The number of carbonyl (C=O) groups excluding carboxylic acids is 2. The lowest BCUT2D eigenvalue weighted by Gasteiger charge is -2.11. The van der Waals surface area contributed by atoms with Crippen molar-refractivity contribution in [2.24, 2.45) is 4.99 Å². The molecule has 1 heterocycles. The Morgan fingerprint density at radius 3 is 2.79 bits per heavy atom. The van der Waals surface area contributed by atoms with Gasteiger partial charge in [0.1, 0.15) is 11.0 Å². The Morgan fingerprint density at radius 2 is 2.25 bits per heavy atom. The van der Waals surface area contributed by atoms with Crippen LogP contribution in [0.3, 0.4) is 0 Å². The molecule has 0 radical (unpaired) electrons. The summed E-state index contributed by atoms with van der Waals surface area (Å²) in [4.78, 5) is 39.9. The molecule has 1 N–H and O–H groups in total. The summed E-state index contributed by atoms with van der Waals surface area (Å²) in [7, 11) is 4.56. The van der Waals surface area contributed by atoms with Gasteiger partial charge in [-0.1, -0.05) is 11.8 Å². The van der Waals surface area contributed by atoms with Crippen LogP contribution in [0.25, 0.3) is 0 Å². The van der Waals surface area contributed by atoms with Gasteiger partial charge in [-0.15, -0.1) is 0 Å². The van der Waals surface area contributed by atoms with Crippen LogP contribution < -0.4 is 10.1 Å². The van der Waals surface area contributed by atoms with Crippen LogP contribution in [0.4, 0.5) is 11.4 Å². The van der Waals surface area contributed by atoms with Crippen molar-refractivity contribution in [1.29, 1.82) is 0 Å². The Hall–Kier alpha value is -2.62. The standard InChI is InChI=1S/C14H16N4O5S/c1-15-14-17(2)13(20)11(24-14)7-12(19)16-9-6-8(18(21)22)4-5-10(9)23-3/h4-6,11H,7H2,1-3H3,(H,16,19)/t11-/m0/s1. The fraction of sp³-hybridized carbons (Fsp3) is 0.357. The molecule has 1 aliphatic rings. The van der Waals surface area contributed by atoms with Gasteiger partial charge in [0.25, 0.3) is 5.69 Å². The molecule has 9 nitrogen and oxygen atoms in total. The lowest BCUT2D eigenvalue weighted by Crippen LogP contribution is -2.30. The predicted octanol–water partition coefficient (Wildman–Crippen LogP) is 1.49. The zero-order valence-corrected chi connectivity index (χ0v) is 14.1. The molecule has 2 rings (SSSR count). The van der Waals surface area contributed by atoms with Gasteiger partial charge in [0.2, 0.25) is 11.8 Å². The second-order valence-corrected chi connectivity index (χ2v) is 6.07. The lowest BCUT2D eigenvalue weighted by atomic mass is 10.2. The topological polar surface area (TPSA) is 114 Å². The number of nitrogens with zero attached hydrogens (tertiary/aromatic N) is 3. The number of methoxy groups -OCH3 is 1. The number of rotatable bonds is 5. The first-order valence-electron chi connectivity index (χ1n) is 6.90. The SMILES string of the molecule is CN=C1S[C@@H](CC(=O)Nc2cc([N+](=O)[O-])ccc2OC)C(=O)N1C. The van der Waals surface area contributed by atoms with Crippen LogP contribution in [0, 0.1) is 10.1 Å². The van der Waals surface area contributed by atoms with Crippen molar-refractivity contribution >= 4 is 40.1 Å². The molecule has 0 aromatic heterocycles. The van der Waals surface area contributed by atoms with Gasteiger partial charge in [-0.05, 0) is 6.07 Å². The number of non-ortho nitro benzene ring substituents is 1. The van der Waals surface area contributed by atoms with Gasteiger partial charge in [0, 0.05) is 32.6 Å². The number of amides is 2. The van der Waals surface area contributed by atoms with Crippen LogP contribution in [0.1, 0.15) is 6.42 Å². The molecule has 1 aromatic rings. The van der Waals surface area contributed by atoms with E-state index in [1.54, 1.807) is 14.1 Å². The Morgan fingerprint density at radius 1 is 1.54 bits per heavy atom. The molecule has 1 fully saturated rings. The Kier molecular flexibility index (Phi) is 5.39. The Balaban J connectivity index is 2.11. The van der Waals surface area contributed by atoms with E-state index in [0.29, 0.717) is 10.9 Å². The second kappa shape index (κ2) is 7.30. The average molecular weight is 352 g/mol. The molecule has 0 unspecified atom stereocenters. The van der Waals surface area contributed by atoms with Gasteiger partial charge in [-0.3, -0.25) is 29.6 Å². The number of aliphatic imine (C=N–C) groups is 1. The molecule has 1 aromatic carbocycles. The minimum Gasteiger partial charge on any atom is -0.495 e. The minimum absolute atomic E-state index is 0.0707. The summed E-state index contributed by atoms with van der Waals surface area (Å²) in [5.41, 5.74) is 0.0161. The van der Waals surface area contributed by atoms with E-state index in [-0.39, 0.29) is 23.7 Å². The maximum Gasteiger partial charge on any atom is 0.271 e. The Labute approximate surface area is 142 Å². The van der Waals surface area contributed by atoms with E-state index >= 15 is 0 Å². The van der Waals surface area contributed by atoms with Gasteiger partial charge in [-0.2, -0.15) is 0 Å². The highest BCUT2D eigenvalue weighted by Crippen LogP contribution is 2.31. The zero-order chi connectivity index (χ0) is 17.9. The van der Waals surface area contributed by atoms with Gasteiger partial charge in [-0.25, -0.2) is 0 Å². The summed E-state index contributed by atoms with van der Waals surface area (Å²) in [5, 5.41) is 13.4. The minimum atomic E-state index is -0.571. The number of nitrogens with one attached hydrogen (secondary N) is 1. The van der Waals surface area contributed by atoms with E-state index in [2.05, 4.69) is 10.3 Å².